The van der Waals surface area contributed by atoms with Crippen molar-refractivity contribution in [2.24, 2.45) is 4.99 Å². The van der Waals surface area contributed by atoms with E-state index in [2.05, 4.69) is 53.7 Å². The molecule has 0 aliphatic heterocycles. The van der Waals surface area contributed by atoms with Crippen LogP contribution in [0.15, 0.2) is 29.3 Å². The lowest BCUT2D eigenvalue weighted by molar-refractivity contribution is 0.155. The number of aliphatic imine (C=N–C) groups is 1. The summed E-state index contributed by atoms with van der Waals surface area (Å²) in [5, 5.41) is 6.83. The Morgan fingerprint density at radius 1 is 1.33 bits per heavy atom. The SMILES string of the molecule is CCNC(=NCCOCC)NC1CC1c1ccccc1C. The van der Waals surface area contributed by atoms with Crippen molar-refractivity contribution >= 4 is 5.96 Å². The Hall–Kier alpha value is -1.55. The minimum atomic E-state index is 0.496. The molecule has 116 valence electrons. The van der Waals surface area contributed by atoms with E-state index in [1.165, 1.54) is 17.5 Å². The van der Waals surface area contributed by atoms with Crippen molar-refractivity contribution in [1.29, 1.82) is 0 Å². The van der Waals surface area contributed by atoms with Gasteiger partial charge in [-0.3, -0.25) is 4.99 Å². The van der Waals surface area contributed by atoms with Gasteiger partial charge in [-0.2, -0.15) is 0 Å². The quantitative estimate of drug-likeness (QED) is 0.460. The first-order chi connectivity index (χ1) is 10.3. The van der Waals surface area contributed by atoms with Crippen molar-refractivity contribution in [3.8, 4) is 0 Å². The zero-order valence-electron chi connectivity index (χ0n) is 13.4. The van der Waals surface area contributed by atoms with Gasteiger partial charge in [-0.15, -0.1) is 0 Å². The zero-order chi connectivity index (χ0) is 15.1. The van der Waals surface area contributed by atoms with Crippen molar-refractivity contribution in [3.05, 3.63) is 35.4 Å². The Morgan fingerprint density at radius 3 is 2.86 bits per heavy atom. The summed E-state index contributed by atoms with van der Waals surface area (Å²) in [6, 6.07) is 9.14. The number of hydrogen-bond acceptors (Lipinski definition) is 2. The van der Waals surface area contributed by atoms with Crippen LogP contribution in [0.1, 0.15) is 37.3 Å². The summed E-state index contributed by atoms with van der Waals surface area (Å²) in [4.78, 5) is 4.55. The Balaban J connectivity index is 1.86. The summed E-state index contributed by atoms with van der Waals surface area (Å²) in [6.45, 7) is 9.28. The standard InChI is InChI=1S/C17H27N3O/c1-4-18-17(19-10-11-21-5-2)20-16-12-15(16)14-9-7-6-8-13(14)3/h6-9,15-16H,4-5,10-12H2,1-3H3,(H2,18,19,20). The van der Waals surface area contributed by atoms with Gasteiger partial charge >= 0.3 is 0 Å². The third-order valence-electron chi connectivity index (χ3n) is 3.75. The lowest BCUT2D eigenvalue weighted by Crippen LogP contribution is -2.39. The molecular formula is C17H27N3O. The largest absolute Gasteiger partial charge is 0.380 e. The lowest BCUT2D eigenvalue weighted by Gasteiger charge is -2.12. The summed E-state index contributed by atoms with van der Waals surface area (Å²) in [5.74, 6) is 1.51. The number of ether oxygens (including phenoxy) is 1. The summed E-state index contributed by atoms with van der Waals surface area (Å²) in [6.07, 6.45) is 1.18. The van der Waals surface area contributed by atoms with Crippen LogP contribution in [0.4, 0.5) is 0 Å². The molecule has 0 radical (unpaired) electrons. The van der Waals surface area contributed by atoms with E-state index in [4.69, 9.17) is 4.74 Å². The molecule has 1 fully saturated rings. The molecule has 21 heavy (non-hydrogen) atoms. The fourth-order valence-electron chi connectivity index (χ4n) is 2.56. The van der Waals surface area contributed by atoms with Gasteiger partial charge in [0.1, 0.15) is 0 Å². The van der Waals surface area contributed by atoms with E-state index in [9.17, 15) is 0 Å². The molecular weight excluding hydrogens is 262 g/mol. The first-order valence-corrected chi connectivity index (χ1v) is 7.94. The fraction of sp³-hybridized carbons (Fsp3) is 0.588. The Labute approximate surface area is 128 Å². The molecule has 1 saturated carbocycles. The van der Waals surface area contributed by atoms with Crippen LogP contribution in [0.25, 0.3) is 0 Å². The smallest absolute Gasteiger partial charge is 0.191 e. The molecule has 2 N–H and O–H groups in total. The average molecular weight is 289 g/mol. The number of nitrogens with one attached hydrogen (secondary N) is 2. The number of nitrogens with zero attached hydrogens (tertiary/aromatic N) is 1. The minimum absolute atomic E-state index is 0.496. The molecule has 0 bridgehead atoms. The minimum Gasteiger partial charge on any atom is -0.380 e. The number of aryl methyl sites for hydroxylation is 1. The Morgan fingerprint density at radius 2 is 2.14 bits per heavy atom. The normalized spacial score (nSPS) is 21.2. The van der Waals surface area contributed by atoms with Crippen LogP contribution < -0.4 is 10.6 Å². The predicted molar refractivity (Wildman–Crippen MR) is 87.9 cm³/mol. The zero-order valence-corrected chi connectivity index (χ0v) is 13.4. The Kier molecular flexibility index (Phi) is 6.05. The summed E-state index contributed by atoms with van der Waals surface area (Å²) < 4.78 is 5.33. The van der Waals surface area contributed by atoms with Crippen LogP contribution in [-0.4, -0.2) is 38.3 Å². The van der Waals surface area contributed by atoms with E-state index < -0.39 is 0 Å². The van der Waals surface area contributed by atoms with Crippen LogP contribution in [0.2, 0.25) is 0 Å². The van der Waals surface area contributed by atoms with E-state index in [1.54, 1.807) is 0 Å². The summed E-state index contributed by atoms with van der Waals surface area (Å²) in [7, 11) is 0. The average Bonchev–Trinajstić information content (AvgIpc) is 3.23. The second-order valence-corrected chi connectivity index (χ2v) is 5.41. The van der Waals surface area contributed by atoms with Crippen LogP contribution in [0.5, 0.6) is 0 Å². The van der Waals surface area contributed by atoms with E-state index in [-0.39, 0.29) is 0 Å². The van der Waals surface area contributed by atoms with Gasteiger partial charge in [0.05, 0.1) is 13.2 Å². The number of rotatable bonds is 7. The highest BCUT2D eigenvalue weighted by Gasteiger charge is 2.39. The van der Waals surface area contributed by atoms with E-state index in [1.807, 2.05) is 6.92 Å². The molecule has 1 aliphatic rings. The lowest BCUT2D eigenvalue weighted by atomic mass is 10.0. The molecule has 2 rings (SSSR count). The monoisotopic (exact) mass is 289 g/mol. The fourth-order valence-corrected chi connectivity index (χ4v) is 2.56. The van der Waals surface area contributed by atoms with Crippen molar-refractivity contribution in [3.63, 3.8) is 0 Å². The van der Waals surface area contributed by atoms with Gasteiger partial charge in [0.2, 0.25) is 0 Å². The molecule has 0 aromatic heterocycles. The predicted octanol–water partition coefficient (Wildman–Crippen LogP) is 2.44. The molecule has 1 aliphatic carbocycles. The first-order valence-electron chi connectivity index (χ1n) is 7.94. The molecule has 0 saturated heterocycles. The third-order valence-corrected chi connectivity index (χ3v) is 3.75. The van der Waals surface area contributed by atoms with Crippen LogP contribution in [0, 0.1) is 6.92 Å². The van der Waals surface area contributed by atoms with Gasteiger partial charge in [-0.1, -0.05) is 24.3 Å². The van der Waals surface area contributed by atoms with Crippen LogP contribution in [0.3, 0.4) is 0 Å². The van der Waals surface area contributed by atoms with E-state index in [0.29, 0.717) is 25.1 Å². The van der Waals surface area contributed by atoms with Gasteiger partial charge in [0, 0.05) is 25.1 Å². The second kappa shape index (κ2) is 8.03. The maximum absolute atomic E-state index is 5.33. The molecule has 0 amide bonds. The van der Waals surface area contributed by atoms with Gasteiger partial charge in [-0.25, -0.2) is 0 Å². The molecule has 4 nitrogen and oxygen atoms in total. The van der Waals surface area contributed by atoms with Crippen LogP contribution in [-0.2, 0) is 4.74 Å². The number of guanidine groups is 1. The molecule has 0 spiro atoms. The number of benzene rings is 1. The van der Waals surface area contributed by atoms with Crippen molar-refractivity contribution < 1.29 is 4.74 Å². The summed E-state index contributed by atoms with van der Waals surface area (Å²) in [5.41, 5.74) is 2.84. The van der Waals surface area contributed by atoms with Gasteiger partial charge in [0.15, 0.2) is 5.96 Å². The van der Waals surface area contributed by atoms with Gasteiger partial charge in [-0.05, 0) is 38.3 Å². The van der Waals surface area contributed by atoms with Crippen molar-refractivity contribution in [2.75, 3.05) is 26.3 Å². The highest BCUT2D eigenvalue weighted by molar-refractivity contribution is 5.80. The third kappa shape index (κ3) is 4.74. The van der Waals surface area contributed by atoms with Crippen molar-refractivity contribution in [1.82, 2.24) is 10.6 Å². The molecule has 4 heteroatoms. The molecule has 1 aromatic carbocycles. The highest BCUT2D eigenvalue weighted by atomic mass is 16.5. The second-order valence-electron chi connectivity index (χ2n) is 5.41. The molecule has 1 aromatic rings. The maximum atomic E-state index is 5.33. The van der Waals surface area contributed by atoms with E-state index >= 15 is 0 Å². The highest BCUT2D eigenvalue weighted by Crippen LogP contribution is 2.41. The van der Waals surface area contributed by atoms with Gasteiger partial charge < -0.3 is 15.4 Å². The van der Waals surface area contributed by atoms with Gasteiger partial charge in [0.25, 0.3) is 0 Å². The topological polar surface area (TPSA) is 45.7 Å². The molecule has 2 atom stereocenters. The molecule has 2 unspecified atom stereocenters. The number of hydrogen-bond donors (Lipinski definition) is 2. The summed E-state index contributed by atoms with van der Waals surface area (Å²) >= 11 is 0. The first kappa shape index (κ1) is 15.8. The maximum Gasteiger partial charge on any atom is 0.191 e. The van der Waals surface area contributed by atoms with Crippen molar-refractivity contribution in [2.45, 2.75) is 39.2 Å². The Bertz CT molecular complexity index is 473. The molecule has 0 heterocycles. The van der Waals surface area contributed by atoms with Crippen LogP contribution >= 0.6 is 0 Å². The van der Waals surface area contributed by atoms with E-state index in [0.717, 1.165) is 19.1 Å².